The second kappa shape index (κ2) is 8.09. The molecule has 0 N–H and O–H groups in total. The maximum Gasteiger partial charge on any atom is 0.277 e. The first-order valence-electron chi connectivity index (χ1n) is 7.61. The summed E-state index contributed by atoms with van der Waals surface area (Å²) in [5, 5.41) is 8.06. The van der Waals surface area contributed by atoms with Crippen molar-refractivity contribution in [1.82, 2.24) is 10.2 Å². The molecule has 2 aromatic carbocycles. The van der Waals surface area contributed by atoms with E-state index in [1.807, 2.05) is 24.3 Å². The minimum absolute atomic E-state index is 0.0186. The Kier molecular flexibility index (Phi) is 5.62. The van der Waals surface area contributed by atoms with Gasteiger partial charge in [-0.1, -0.05) is 23.9 Å². The van der Waals surface area contributed by atoms with Crippen molar-refractivity contribution in [2.24, 2.45) is 0 Å². The summed E-state index contributed by atoms with van der Waals surface area (Å²) >= 11 is 1.04. The predicted molar refractivity (Wildman–Crippen MR) is 91.5 cm³/mol. The fourth-order valence-corrected chi connectivity index (χ4v) is 2.84. The van der Waals surface area contributed by atoms with Crippen molar-refractivity contribution in [3.8, 4) is 5.75 Å². The van der Waals surface area contributed by atoms with E-state index >= 15 is 0 Å². The number of benzene rings is 2. The molecule has 3 rings (SSSR count). The normalized spacial score (nSPS) is 10.7. The molecule has 134 valence electrons. The molecule has 0 atom stereocenters. The molecule has 0 spiro atoms. The van der Waals surface area contributed by atoms with E-state index in [9.17, 15) is 13.6 Å². The Balaban J connectivity index is 1.57. The molecule has 3 aromatic rings. The highest BCUT2D eigenvalue weighted by Gasteiger charge is 2.13. The maximum atomic E-state index is 13.2. The largest absolute Gasteiger partial charge is 0.497 e. The van der Waals surface area contributed by atoms with E-state index < -0.39 is 11.6 Å². The Hall–Kier alpha value is -2.74. The molecule has 1 heterocycles. The second-order valence-corrected chi connectivity index (χ2v) is 6.25. The number of carbonyl (C=O) groups is 1. The van der Waals surface area contributed by atoms with Crippen LogP contribution in [0.15, 0.2) is 52.1 Å². The Morgan fingerprint density at radius 3 is 2.58 bits per heavy atom. The summed E-state index contributed by atoms with van der Waals surface area (Å²) in [6, 6.07) is 10.5. The zero-order chi connectivity index (χ0) is 18.5. The molecular formula is C18H14F2N2O3S. The van der Waals surface area contributed by atoms with Gasteiger partial charge in [0.25, 0.3) is 5.22 Å². The summed E-state index contributed by atoms with van der Waals surface area (Å²) in [6.45, 7) is 0. The zero-order valence-corrected chi connectivity index (χ0v) is 14.6. The van der Waals surface area contributed by atoms with Crippen LogP contribution in [-0.2, 0) is 6.42 Å². The fourth-order valence-electron chi connectivity index (χ4n) is 2.17. The van der Waals surface area contributed by atoms with Gasteiger partial charge in [0.15, 0.2) is 17.4 Å². The lowest BCUT2D eigenvalue weighted by molar-refractivity contribution is 0.102. The van der Waals surface area contributed by atoms with Crippen molar-refractivity contribution in [1.29, 1.82) is 0 Å². The number of halogens is 2. The molecule has 0 bridgehead atoms. The highest BCUT2D eigenvalue weighted by molar-refractivity contribution is 7.99. The number of Topliss-reactive ketones (excluding diaryl/α,β-unsaturated/α-hetero) is 1. The average Bonchev–Trinajstić information content (AvgIpc) is 3.10. The number of nitrogens with zero attached hydrogens (tertiary/aromatic N) is 2. The highest BCUT2D eigenvalue weighted by atomic mass is 32.2. The maximum absolute atomic E-state index is 13.2. The van der Waals surface area contributed by atoms with Crippen LogP contribution in [-0.4, -0.2) is 28.8 Å². The molecule has 0 saturated heterocycles. The summed E-state index contributed by atoms with van der Waals surface area (Å²) in [7, 11) is 1.60. The molecule has 0 aliphatic rings. The van der Waals surface area contributed by atoms with Gasteiger partial charge in [-0.05, 0) is 35.9 Å². The van der Waals surface area contributed by atoms with Crippen molar-refractivity contribution < 1.29 is 22.7 Å². The lowest BCUT2D eigenvalue weighted by Gasteiger charge is -2.01. The molecule has 0 fully saturated rings. The van der Waals surface area contributed by atoms with Crippen molar-refractivity contribution in [2.45, 2.75) is 11.6 Å². The van der Waals surface area contributed by atoms with Gasteiger partial charge >= 0.3 is 0 Å². The predicted octanol–water partition coefficient (Wildman–Crippen LogP) is 3.92. The number of ether oxygens (including phenoxy) is 1. The van der Waals surface area contributed by atoms with Gasteiger partial charge in [0.1, 0.15) is 5.75 Å². The van der Waals surface area contributed by atoms with Crippen LogP contribution in [0.5, 0.6) is 5.75 Å². The SMILES string of the molecule is COc1ccc(Cc2nnc(SCC(=O)c3ccc(F)c(F)c3)o2)cc1. The summed E-state index contributed by atoms with van der Waals surface area (Å²) in [4.78, 5) is 12.0. The summed E-state index contributed by atoms with van der Waals surface area (Å²) in [5.41, 5.74) is 1.07. The summed E-state index contributed by atoms with van der Waals surface area (Å²) < 4.78 is 36.7. The van der Waals surface area contributed by atoms with Gasteiger partial charge in [0.2, 0.25) is 5.89 Å². The second-order valence-electron chi connectivity index (χ2n) is 5.33. The third kappa shape index (κ3) is 4.45. The summed E-state index contributed by atoms with van der Waals surface area (Å²) in [6.07, 6.45) is 0.453. The van der Waals surface area contributed by atoms with E-state index in [0.29, 0.717) is 12.3 Å². The minimum atomic E-state index is -1.06. The van der Waals surface area contributed by atoms with Crippen LogP contribution in [0.25, 0.3) is 0 Å². The van der Waals surface area contributed by atoms with Gasteiger partial charge in [-0.15, -0.1) is 10.2 Å². The van der Waals surface area contributed by atoms with Crippen LogP contribution in [0.3, 0.4) is 0 Å². The first-order valence-corrected chi connectivity index (χ1v) is 8.60. The molecule has 0 unspecified atom stereocenters. The van der Waals surface area contributed by atoms with E-state index in [-0.39, 0.29) is 22.3 Å². The van der Waals surface area contributed by atoms with E-state index in [4.69, 9.17) is 9.15 Å². The van der Waals surface area contributed by atoms with Crippen molar-refractivity contribution in [3.63, 3.8) is 0 Å². The number of aromatic nitrogens is 2. The third-order valence-electron chi connectivity index (χ3n) is 3.53. The van der Waals surface area contributed by atoms with E-state index in [0.717, 1.165) is 35.2 Å². The monoisotopic (exact) mass is 376 g/mol. The van der Waals surface area contributed by atoms with Gasteiger partial charge in [0.05, 0.1) is 19.3 Å². The highest BCUT2D eigenvalue weighted by Crippen LogP contribution is 2.20. The van der Waals surface area contributed by atoms with Crippen LogP contribution in [0.4, 0.5) is 8.78 Å². The Labute approximate surface area is 152 Å². The number of thioether (sulfide) groups is 1. The van der Waals surface area contributed by atoms with Gasteiger partial charge in [0, 0.05) is 5.56 Å². The Bertz CT molecular complexity index is 913. The standard InChI is InChI=1S/C18H14F2N2O3S/c1-24-13-5-2-11(3-6-13)8-17-21-22-18(25-17)26-10-16(23)12-4-7-14(19)15(20)9-12/h2-7,9H,8,10H2,1H3. The number of methoxy groups -OCH3 is 1. The van der Waals surface area contributed by atoms with Gasteiger partial charge in [-0.2, -0.15) is 0 Å². The van der Waals surface area contributed by atoms with Crippen molar-refractivity contribution >= 4 is 17.5 Å². The van der Waals surface area contributed by atoms with Gasteiger partial charge < -0.3 is 9.15 Å². The van der Waals surface area contributed by atoms with Crippen molar-refractivity contribution in [2.75, 3.05) is 12.9 Å². The molecule has 0 aliphatic carbocycles. The molecule has 5 nitrogen and oxygen atoms in total. The van der Waals surface area contributed by atoms with Crippen LogP contribution in [0, 0.1) is 11.6 Å². The number of hydrogen-bond donors (Lipinski definition) is 0. The fraction of sp³-hybridized carbons (Fsp3) is 0.167. The van der Waals surface area contributed by atoms with Gasteiger partial charge in [-0.25, -0.2) is 8.78 Å². The average molecular weight is 376 g/mol. The van der Waals surface area contributed by atoms with Crippen molar-refractivity contribution in [3.05, 3.63) is 71.1 Å². The molecule has 0 radical (unpaired) electrons. The molecule has 0 saturated carbocycles. The molecule has 26 heavy (non-hydrogen) atoms. The van der Waals surface area contributed by atoms with Crippen LogP contribution in [0.2, 0.25) is 0 Å². The Morgan fingerprint density at radius 2 is 1.88 bits per heavy atom. The molecular weight excluding hydrogens is 362 g/mol. The lowest BCUT2D eigenvalue weighted by Crippen LogP contribution is -2.03. The third-order valence-corrected chi connectivity index (χ3v) is 4.35. The van der Waals surface area contributed by atoms with Gasteiger partial charge in [-0.3, -0.25) is 4.79 Å². The first kappa shape index (κ1) is 18.1. The topological polar surface area (TPSA) is 65.2 Å². The first-order chi connectivity index (χ1) is 12.5. The smallest absolute Gasteiger partial charge is 0.277 e. The quantitative estimate of drug-likeness (QED) is 0.460. The molecule has 0 amide bonds. The van der Waals surface area contributed by atoms with E-state index in [1.165, 1.54) is 6.07 Å². The molecule has 8 heteroatoms. The van der Waals surface area contributed by atoms with Crippen LogP contribution in [0.1, 0.15) is 21.8 Å². The minimum Gasteiger partial charge on any atom is -0.497 e. The van der Waals surface area contributed by atoms with Crippen LogP contribution < -0.4 is 4.74 Å². The zero-order valence-electron chi connectivity index (χ0n) is 13.7. The lowest BCUT2D eigenvalue weighted by atomic mass is 10.1. The van der Waals surface area contributed by atoms with Crippen LogP contribution >= 0.6 is 11.8 Å². The number of rotatable bonds is 7. The van der Waals surface area contributed by atoms with E-state index in [2.05, 4.69) is 10.2 Å². The summed E-state index contributed by atoms with van der Waals surface area (Å²) in [5.74, 6) is -1.25. The molecule has 0 aliphatic heterocycles. The number of carbonyl (C=O) groups excluding carboxylic acids is 1. The molecule has 1 aromatic heterocycles. The number of ketones is 1. The number of hydrogen-bond acceptors (Lipinski definition) is 6. The Morgan fingerprint density at radius 1 is 1.12 bits per heavy atom. The van der Waals surface area contributed by atoms with E-state index in [1.54, 1.807) is 7.11 Å².